The van der Waals surface area contributed by atoms with Crippen LogP contribution in [0.2, 0.25) is 0 Å². The van der Waals surface area contributed by atoms with E-state index in [1.165, 1.54) is 12.1 Å². The number of alkyl halides is 3. The van der Waals surface area contributed by atoms with Crippen molar-refractivity contribution in [2.24, 2.45) is 0 Å². The van der Waals surface area contributed by atoms with E-state index in [2.05, 4.69) is 10.1 Å². The Kier molecular flexibility index (Phi) is 4.19. The summed E-state index contributed by atoms with van der Waals surface area (Å²) in [4.78, 5) is 11.0. The van der Waals surface area contributed by atoms with Gasteiger partial charge in [-0.2, -0.15) is 0 Å². The quantitative estimate of drug-likeness (QED) is 0.895. The minimum absolute atomic E-state index is 0.130. The van der Waals surface area contributed by atoms with Gasteiger partial charge in [0.15, 0.2) is 0 Å². The van der Waals surface area contributed by atoms with Crippen molar-refractivity contribution < 1.29 is 27.4 Å². The lowest BCUT2D eigenvalue weighted by atomic mass is 10.3. The molecule has 0 saturated carbocycles. The Morgan fingerprint density at radius 1 is 1.24 bits per heavy atom. The molecule has 17 heavy (non-hydrogen) atoms. The SMILES string of the molecule is CCNC(=O)Oc1ccc(OC(F)(F)F)cc1. The maximum Gasteiger partial charge on any atom is 0.573 e. The van der Waals surface area contributed by atoms with Crippen molar-refractivity contribution in [2.45, 2.75) is 13.3 Å². The molecule has 1 N–H and O–H groups in total. The maximum absolute atomic E-state index is 11.8. The second-order valence-electron chi connectivity index (χ2n) is 2.94. The van der Waals surface area contributed by atoms with E-state index in [1.807, 2.05) is 0 Å². The zero-order valence-corrected chi connectivity index (χ0v) is 8.88. The van der Waals surface area contributed by atoms with Crippen molar-refractivity contribution in [1.82, 2.24) is 5.32 Å². The van der Waals surface area contributed by atoms with E-state index >= 15 is 0 Å². The number of ether oxygens (including phenoxy) is 2. The topological polar surface area (TPSA) is 47.6 Å². The average Bonchev–Trinajstić information content (AvgIpc) is 2.19. The van der Waals surface area contributed by atoms with Gasteiger partial charge in [-0.3, -0.25) is 0 Å². The summed E-state index contributed by atoms with van der Waals surface area (Å²) < 4.78 is 43.9. The van der Waals surface area contributed by atoms with Gasteiger partial charge in [-0.1, -0.05) is 0 Å². The fraction of sp³-hybridized carbons (Fsp3) is 0.300. The lowest BCUT2D eigenvalue weighted by Gasteiger charge is -2.09. The molecule has 1 rings (SSSR count). The Morgan fingerprint density at radius 3 is 2.24 bits per heavy atom. The minimum Gasteiger partial charge on any atom is -0.410 e. The molecule has 1 aromatic carbocycles. The summed E-state index contributed by atoms with van der Waals surface area (Å²) in [5, 5.41) is 2.37. The van der Waals surface area contributed by atoms with Crippen LogP contribution in [0.5, 0.6) is 11.5 Å². The van der Waals surface area contributed by atoms with E-state index in [0.29, 0.717) is 6.54 Å². The molecular formula is C10H10F3NO3. The molecule has 4 nitrogen and oxygen atoms in total. The van der Waals surface area contributed by atoms with E-state index < -0.39 is 12.5 Å². The monoisotopic (exact) mass is 249 g/mol. The van der Waals surface area contributed by atoms with Crippen molar-refractivity contribution in [3.05, 3.63) is 24.3 Å². The van der Waals surface area contributed by atoms with Crippen LogP contribution in [0.25, 0.3) is 0 Å². The van der Waals surface area contributed by atoms with Gasteiger partial charge < -0.3 is 14.8 Å². The molecule has 0 aliphatic carbocycles. The molecule has 0 fully saturated rings. The van der Waals surface area contributed by atoms with Crippen LogP contribution in [0.3, 0.4) is 0 Å². The highest BCUT2D eigenvalue weighted by Gasteiger charge is 2.30. The van der Waals surface area contributed by atoms with E-state index in [1.54, 1.807) is 6.92 Å². The smallest absolute Gasteiger partial charge is 0.410 e. The largest absolute Gasteiger partial charge is 0.573 e. The third-order valence-electron chi connectivity index (χ3n) is 1.59. The number of hydrogen-bond donors (Lipinski definition) is 1. The molecule has 0 aliphatic rings. The number of nitrogens with one attached hydrogen (secondary N) is 1. The Hall–Kier alpha value is -1.92. The number of halogens is 3. The predicted octanol–water partition coefficient (Wildman–Crippen LogP) is 2.69. The van der Waals surface area contributed by atoms with Crippen LogP contribution in [-0.2, 0) is 0 Å². The van der Waals surface area contributed by atoms with Crippen LogP contribution in [-0.4, -0.2) is 19.0 Å². The lowest BCUT2D eigenvalue weighted by molar-refractivity contribution is -0.274. The van der Waals surface area contributed by atoms with Crippen LogP contribution in [0.4, 0.5) is 18.0 Å². The molecule has 94 valence electrons. The van der Waals surface area contributed by atoms with Gasteiger partial charge in [0, 0.05) is 6.54 Å². The van der Waals surface area contributed by atoms with Crippen LogP contribution in [0.15, 0.2) is 24.3 Å². The first kappa shape index (κ1) is 13.1. The molecule has 0 saturated heterocycles. The fourth-order valence-corrected chi connectivity index (χ4v) is 0.997. The number of amides is 1. The van der Waals surface area contributed by atoms with Gasteiger partial charge in [-0.15, -0.1) is 13.2 Å². The maximum atomic E-state index is 11.8. The Labute approximate surface area is 95.3 Å². The van der Waals surface area contributed by atoms with Gasteiger partial charge >= 0.3 is 12.5 Å². The average molecular weight is 249 g/mol. The zero-order chi connectivity index (χ0) is 12.9. The van der Waals surface area contributed by atoms with Gasteiger partial charge in [0.05, 0.1) is 0 Å². The van der Waals surface area contributed by atoms with Gasteiger partial charge in [0.25, 0.3) is 0 Å². The molecule has 0 atom stereocenters. The molecule has 1 amide bonds. The van der Waals surface area contributed by atoms with Crippen molar-refractivity contribution in [1.29, 1.82) is 0 Å². The van der Waals surface area contributed by atoms with Crippen molar-refractivity contribution in [2.75, 3.05) is 6.54 Å². The third kappa shape index (κ3) is 5.10. The highest BCUT2D eigenvalue weighted by Crippen LogP contribution is 2.24. The lowest BCUT2D eigenvalue weighted by Crippen LogP contribution is -2.26. The van der Waals surface area contributed by atoms with Crippen LogP contribution < -0.4 is 14.8 Å². The van der Waals surface area contributed by atoms with Crippen LogP contribution in [0.1, 0.15) is 6.92 Å². The molecule has 0 radical (unpaired) electrons. The summed E-state index contributed by atoms with van der Waals surface area (Å²) in [6.07, 6.45) is -5.40. The minimum atomic E-state index is -4.73. The van der Waals surface area contributed by atoms with Gasteiger partial charge in [0.2, 0.25) is 0 Å². The van der Waals surface area contributed by atoms with Gasteiger partial charge in [-0.25, -0.2) is 4.79 Å². The van der Waals surface area contributed by atoms with Crippen LogP contribution >= 0.6 is 0 Å². The predicted molar refractivity (Wildman–Crippen MR) is 52.8 cm³/mol. The fourth-order valence-electron chi connectivity index (χ4n) is 0.997. The summed E-state index contributed by atoms with van der Waals surface area (Å²) in [6.45, 7) is 2.11. The van der Waals surface area contributed by atoms with E-state index in [9.17, 15) is 18.0 Å². The molecule has 1 aromatic rings. The molecular weight excluding hydrogens is 239 g/mol. The number of rotatable bonds is 3. The summed E-state index contributed by atoms with van der Waals surface area (Å²) in [7, 11) is 0. The van der Waals surface area contributed by atoms with E-state index in [-0.39, 0.29) is 11.5 Å². The molecule has 0 unspecified atom stereocenters. The van der Waals surface area contributed by atoms with Crippen molar-refractivity contribution >= 4 is 6.09 Å². The Morgan fingerprint density at radius 2 is 1.76 bits per heavy atom. The van der Waals surface area contributed by atoms with Crippen molar-refractivity contribution in [3.8, 4) is 11.5 Å². The Bertz CT molecular complexity index is 375. The van der Waals surface area contributed by atoms with Crippen LogP contribution in [0, 0.1) is 0 Å². The second kappa shape index (κ2) is 5.42. The first-order chi connectivity index (χ1) is 7.90. The first-order valence-corrected chi connectivity index (χ1v) is 4.72. The molecule has 7 heteroatoms. The number of carbonyl (C=O) groups excluding carboxylic acids is 1. The zero-order valence-electron chi connectivity index (χ0n) is 8.88. The standard InChI is InChI=1S/C10H10F3NO3/c1-2-14-9(15)16-7-3-5-8(6-4-7)17-10(11,12)13/h3-6H,2H2,1H3,(H,14,15). The second-order valence-corrected chi connectivity index (χ2v) is 2.94. The number of hydrogen-bond acceptors (Lipinski definition) is 3. The highest BCUT2D eigenvalue weighted by atomic mass is 19.4. The van der Waals surface area contributed by atoms with Crippen molar-refractivity contribution in [3.63, 3.8) is 0 Å². The molecule has 0 aromatic heterocycles. The summed E-state index contributed by atoms with van der Waals surface area (Å²) in [5.41, 5.74) is 0. The van der Waals surface area contributed by atoms with E-state index in [4.69, 9.17) is 4.74 Å². The van der Waals surface area contributed by atoms with Gasteiger partial charge in [0.1, 0.15) is 11.5 Å². The molecule has 0 spiro atoms. The summed E-state index contributed by atoms with van der Waals surface area (Å²) in [5.74, 6) is -0.244. The van der Waals surface area contributed by atoms with E-state index in [0.717, 1.165) is 12.1 Å². The number of carbonyl (C=O) groups is 1. The highest BCUT2D eigenvalue weighted by molar-refractivity contribution is 5.70. The third-order valence-corrected chi connectivity index (χ3v) is 1.59. The normalized spacial score (nSPS) is 10.8. The molecule has 0 heterocycles. The molecule has 0 aliphatic heterocycles. The van der Waals surface area contributed by atoms with Gasteiger partial charge in [-0.05, 0) is 31.2 Å². The molecule has 0 bridgehead atoms. The first-order valence-electron chi connectivity index (χ1n) is 4.72. The Balaban J connectivity index is 2.59. The number of benzene rings is 1. The summed E-state index contributed by atoms with van der Waals surface area (Å²) in [6, 6.07) is 4.52. The summed E-state index contributed by atoms with van der Waals surface area (Å²) >= 11 is 0.